The van der Waals surface area contributed by atoms with E-state index in [1.807, 2.05) is 6.08 Å². The van der Waals surface area contributed by atoms with E-state index in [9.17, 15) is 30.0 Å². The number of carbonyl (C=O) groups is 2. The van der Waals surface area contributed by atoms with Gasteiger partial charge in [0.2, 0.25) is 0 Å². The van der Waals surface area contributed by atoms with Crippen molar-refractivity contribution < 1.29 is 39.5 Å². The van der Waals surface area contributed by atoms with Gasteiger partial charge < -0.3 is 29.9 Å². The molecule has 0 rings (SSSR count). The van der Waals surface area contributed by atoms with Crippen molar-refractivity contribution in [3.05, 3.63) is 48.6 Å². The number of hydrogen-bond donors (Lipinski definition) is 4. The highest BCUT2D eigenvalue weighted by atomic mass is 16.6. The molecule has 0 aliphatic carbocycles. The molecule has 0 aromatic rings. The Bertz CT molecular complexity index is 819. The van der Waals surface area contributed by atoms with Crippen LogP contribution in [-0.2, 0) is 19.1 Å². The second-order valence-corrected chi connectivity index (χ2v) is 11.7. The first-order valence-electron chi connectivity index (χ1n) is 16.9. The fraction of sp³-hybridized carbons (Fsp3) is 0.722. The third-order valence-electron chi connectivity index (χ3n) is 7.53. The van der Waals surface area contributed by atoms with Gasteiger partial charge in [-0.3, -0.25) is 9.59 Å². The van der Waals surface area contributed by atoms with E-state index < -0.39 is 37.0 Å². The van der Waals surface area contributed by atoms with Crippen LogP contribution in [0.5, 0.6) is 0 Å². The van der Waals surface area contributed by atoms with Crippen LogP contribution < -0.4 is 0 Å². The van der Waals surface area contributed by atoms with E-state index in [0.717, 1.165) is 50.9 Å². The summed E-state index contributed by atoms with van der Waals surface area (Å²) in [6.45, 7) is 5.99. The summed E-state index contributed by atoms with van der Waals surface area (Å²) in [5, 5.41) is 39.6. The monoisotopic (exact) mass is 622 g/mol. The Hall–Kier alpha value is -2.26. The molecule has 8 nitrogen and oxygen atoms in total. The Balaban J connectivity index is 4.05. The predicted octanol–water partition coefficient (Wildman–Crippen LogP) is 6.66. The summed E-state index contributed by atoms with van der Waals surface area (Å²) in [5.41, 5.74) is 0. The van der Waals surface area contributed by atoms with Crippen LogP contribution in [0.15, 0.2) is 48.6 Å². The van der Waals surface area contributed by atoms with Gasteiger partial charge in [-0.2, -0.15) is 0 Å². The first-order valence-corrected chi connectivity index (χ1v) is 16.9. The highest BCUT2D eigenvalue weighted by Crippen LogP contribution is 2.15. The SMILES string of the molecule is CCCCC[C@H](O)/C=C/C=C\C=C\C=C\[C@H](O)[C@@H](O)CCCC(=O)O[C@@H](CO)COC(=O)CCCCCCCCC(C)CC. The molecule has 1 unspecified atom stereocenters. The molecule has 254 valence electrons. The predicted molar refractivity (Wildman–Crippen MR) is 177 cm³/mol. The van der Waals surface area contributed by atoms with Gasteiger partial charge in [0.25, 0.3) is 0 Å². The summed E-state index contributed by atoms with van der Waals surface area (Å²) < 4.78 is 10.4. The molecule has 0 aromatic carbocycles. The molecule has 0 spiro atoms. The smallest absolute Gasteiger partial charge is 0.306 e. The maximum atomic E-state index is 12.1. The van der Waals surface area contributed by atoms with Crippen molar-refractivity contribution in [3.8, 4) is 0 Å². The first-order chi connectivity index (χ1) is 21.2. The number of hydrogen-bond acceptors (Lipinski definition) is 8. The first kappa shape index (κ1) is 41.7. The summed E-state index contributed by atoms with van der Waals surface area (Å²) in [7, 11) is 0. The number of esters is 2. The number of allylic oxidation sites excluding steroid dienone is 6. The topological polar surface area (TPSA) is 134 Å². The molecular formula is C36H62O8. The van der Waals surface area contributed by atoms with Crippen molar-refractivity contribution in [1.29, 1.82) is 0 Å². The third-order valence-corrected chi connectivity index (χ3v) is 7.53. The Kier molecular flexibility index (Phi) is 27.9. The fourth-order valence-electron chi connectivity index (χ4n) is 4.38. The largest absolute Gasteiger partial charge is 0.462 e. The van der Waals surface area contributed by atoms with E-state index >= 15 is 0 Å². The lowest BCUT2D eigenvalue weighted by Gasteiger charge is -2.17. The molecule has 0 saturated heterocycles. The fourth-order valence-corrected chi connectivity index (χ4v) is 4.38. The summed E-state index contributed by atoms with van der Waals surface area (Å²) in [5.74, 6) is -0.135. The lowest BCUT2D eigenvalue weighted by molar-refractivity contribution is -0.161. The van der Waals surface area contributed by atoms with Crippen molar-refractivity contribution in [2.45, 2.75) is 148 Å². The summed E-state index contributed by atoms with van der Waals surface area (Å²) in [4.78, 5) is 24.1. The van der Waals surface area contributed by atoms with Gasteiger partial charge in [-0.05, 0) is 31.6 Å². The number of carbonyl (C=O) groups excluding carboxylic acids is 2. The van der Waals surface area contributed by atoms with Crippen molar-refractivity contribution in [2.24, 2.45) is 5.92 Å². The lowest BCUT2D eigenvalue weighted by Crippen LogP contribution is -2.29. The number of aliphatic hydroxyl groups is 4. The zero-order chi connectivity index (χ0) is 32.8. The maximum absolute atomic E-state index is 12.1. The second kappa shape index (κ2) is 29.5. The quantitative estimate of drug-likeness (QED) is 0.0433. The maximum Gasteiger partial charge on any atom is 0.306 e. The third kappa shape index (κ3) is 26.2. The Morgan fingerprint density at radius 3 is 1.93 bits per heavy atom. The van der Waals surface area contributed by atoms with E-state index in [2.05, 4.69) is 20.8 Å². The van der Waals surface area contributed by atoms with Gasteiger partial charge in [-0.25, -0.2) is 0 Å². The van der Waals surface area contributed by atoms with Crippen LogP contribution in [0.25, 0.3) is 0 Å². The van der Waals surface area contributed by atoms with E-state index in [1.165, 1.54) is 38.2 Å². The van der Waals surface area contributed by atoms with Gasteiger partial charge in [-0.15, -0.1) is 0 Å². The Labute approximate surface area is 266 Å². The molecule has 0 fully saturated rings. The van der Waals surface area contributed by atoms with Crippen molar-refractivity contribution in [3.63, 3.8) is 0 Å². The van der Waals surface area contributed by atoms with Gasteiger partial charge in [0.1, 0.15) is 6.61 Å². The average Bonchev–Trinajstić information content (AvgIpc) is 3.01. The number of unbranched alkanes of at least 4 members (excludes halogenated alkanes) is 7. The highest BCUT2D eigenvalue weighted by molar-refractivity contribution is 5.70. The molecule has 0 radical (unpaired) electrons. The van der Waals surface area contributed by atoms with Gasteiger partial charge in [0.05, 0.1) is 24.9 Å². The van der Waals surface area contributed by atoms with Gasteiger partial charge >= 0.3 is 11.9 Å². The van der Waals surface area contributed by atoms with E-state index in [1.54, 1.807) is 36.5 Å². The molecule has 0 bridgehead atoms. The highest BCUT2D eigenvalue weighted by Gasteiger charge is 2.18. The van der Waals surface area contributed by atoms with Crippen molar-refractivity contribution >= 4 is 11.9 Å². The number of ether oxygens (including phenoxy) is 2. The Morgan fingerprint density at radius 2 is 1.27 bits per heavy atom. The number of rotatable bonds is 28. The van der Waals surface area contributed by atoms with Crippen LogP contribution in [0.1, 0.15) is 124 Å². The summed E-state index contributed by atoms with van der Waals surface area (Å²) >= 11 is 0. The molecule has 44 heavy (non-hydrogen) atoms. The molecule has 0 aliphatic rings. The van der Waals surface area contributed by atoms with Gasteiger partial charge in [-0.1, -0.05) is 134 Å². The van der Waals surface area contributed by atoms with Crippen LogP contribution >= 0.6 is 0 Å². The molecule has 0 amide bonds. The van der Waals surface area contributed by atoms with E-state index in [4.69, 9.17) is 9.47 Å². The van der Waals surface area contributed by atoms with Gasteiger partial charge in [0, 0.05) is 12.8 Å². The van der Waals surface area contributed by atoms with Crippen LogP contribution in [0, 0.1) is 5.92 Å². The van der Waals surface area contributed by atoms with E-state index in [-0.39, 0.29) is 31.8 Å². The van der Waals surface area contributed by atoms with E-state index in [0.29, 0.717) is 6.42 Å². The molecule has 8 heteroatoms. The van der Waals surface area contributed by atoms with Crippen molar-refractivity contribution in [1.82, 2.24) is 0 Å². The summed E-state index contributed by atoms with van der Waals surface area (Å²) in [6.07, 6.45) is 24.1. The minimum absolute atomic E-state index is 0.000807. The van der Waals surface area contributed by atoms with Crippen LogP contribution in [0.2, 0.25) is 0 Å². The van der Waals surface area contributed by atoms with Crippen molar-refractivity contribution in [2.75, 3.05) is 13.2 Å². The van der Waals surface area contributed by atoms with Crippen LogP contribution in [-0.4, -0.2) is 70.0 Å². The minimum atomic E-state index is -1.09. The molecule has 0 aromatic heterocycles. The zero-order valence-electron chi connectivity index (χ0n) is 27.7. The number of aliphatic hydroxyl groups excluding tert-OH is 4. The standard InChI is InChI=1S/C36H62O8/c1-4-6-15-22-31(38)23-17-12-8-9-13-18-24-33(39)34(40)25-20-27-36(42)44-32(28-37)29-43-35(41)26-19-14-10-7-11-16-21-30(3)5-2/h8-9,12-13,17-18,23-24,30-34,37-40H,4-7,10-11,14-16,19-22,25-29H2,1-3H3/b12-8-,13-9+,23-17+,24-18+/t30?,31-,32-,33-,34-/m0/s1. The van der Waals surface area contributed by atoms with Crippen LogP contribution in [0.3, 0.4) is 0 Å². The minimum Gasteiger partial charge on any atom is -0.462 e. The zero-order valence-corrected chi connectivity index (χ0v) is 27.7. The molecular weight excluding hydrogens is 560 g/mol. The molecule has 0 saturated carbocycles. The Morgan fingerprint density at radius 1 is 0.682 bits per heavy atom. The lowest BCUT2D eigenvalue weighted by atomic mass is 10.00. The molecule has 4 N–H and O–H groups in total. The molecule has 5 atom stereocenters. The molecule has 0 aliphatic heterocycles. The molecule has 0 heterocycles. The van der Waals surface area contributed by atoms with Gasteiger partial charge in [0.15, 0.2) is 6.10 Å². The van der Waals surface area contributed by atoms with Crippen LogP contribution in [0.4, 0.5) is 0 Å². The summed E-state index contributed by atoms with van der Waals surface area (Å²) in [6, 6.07) is 0. The second-order valence-electron chi connectivity index (χ2n) is 11.7. The normalized spacial score (nSPS) is 15.7. The average molecular weight is 623 g/mol.